The first kappa shape index (κ1) is 19.7. The summed E-state index contributed by atoms with van der Waals surface area (Å²) in [5.74, 6) is -11.0. The third kappa shape index (κ3) is 3.16. The van der Waals surface area contributed by atoms with E-state index in [1.807, 2.05) is 0 Å². The van der Waals surface area contributed by atoms with E-state index in [0.29, 0.717) is 4.90 Å². The number of carbonyl (C=O) groups is 1. The summed E-state index contributed by atoms with van der Waals surface area (Å²) in [6.07, 6.45) is 0. The van der Waals surface area contributed by atoms with Crippen LogP contribution < -0.4 is 4.90 Å². The van der Waals surface area contributed by atoms with Crippen molar-refractivity contribution < 1.29 is 26.7 Å². The molecule has 29 heavy (non-hydrogen) atoms. The number of anilines is 1. The molecule has 0 saturated carbocycles. The second-order valence-corrected chi connectivity index (χ2v) is 7.67. The Morgan fingerprint density at radius 2 is 1.48 bits per heavy atom. The lowest BCUT2D eigenvalue weighted by Gasteiger charge is -2.26. The highest BCUT2D eigenvalue weighted by atomic mass is 35.5. The van der Waals surface area contributed by atoms with Crippen molar-refractivity contribution in [2.75, 3.05) is 4.90 Å². The summed E-state index contributed by atoms with van der Waals surface area (Å²) in [4.78, 5) is 14.6. The fraction of sp³-hybridized carbons (Fsp3) is 0.0500. The van der Waals surface area contributed by atoms with Crippen molar-refractivity contribution in [1.29, 1.82) is 0 Å². The Balaban J connectivity index is 1.91. The second-order valence-electron chi connectivity index (χ2n) is 6.11. The van der Waals surface area contributed by atoms with E-state index in [9.17, 15) is 26.7 Å². The molecule has 0 radical (unpaired) electrons. The first-order valence-corrected chi connectivity index (χ1v) is 9.43. The van der Waals surface area contributed by atoms with Gasteiger partial charge in [-0.25, -0.2) is 22.0 Å². The number of benzene rings is 3. The van der Waals surface area contributed by atoms with Crippen molar-refractivity contribution in [2.45, 2.75) is 10.3 Å². The molecule has 1 amide bonds. The van der Waals surface area contributed by atoms with Crippen LogP contribution in [0.2, 0.25) is 5.02 Å². The van der Waals surface area contributed by atoms with E-state index >= 15 is 0 Å². The molecule has 0 aliphatic carbocycles. The molecule has 148 valence electrons. The van der Waals surface area contributed by atoms with Gasteiger partial charge < -0.3 is 0 Å². The van der Waals surface area contributed by atoms with E-state index in [1.54, 1.807) is 18.2 Å². The molecule has 1 heterocycles. The van der Waals surface area contributed by atoms with Crippen LogP contribution in [0.15, 0.2) is 53.4 Å². The fourth-order valence-electron chi connectivity index (χ4n) is 3.06. The number of nitrogens with zero attached hydrogens (tertiary/aromatic N) is 1. The van der Waals surface area contributed by atoms with Gasteiger partial charge in [0.15, 0.2) is 23.3 Å². The largest absolute Gasteiger partial charge is 0.290 e. The van der Waals surface area contributed by atoms with E-state index in [1.165, 1.54) is 30.3 Å². The summed E-state index contributed by atoms with van der Waals surface area (Å²) < 4.78 is 70.1. The standard InChI is InChI=1S/C20H9ClF5NOS/c21-10-5-3-4-9(8-10)19(28)27-11-6-1-2-7-12(11)29-20(27)13-14(22)16(24)18(26)17(25)15(13)23/h1-8,20H. The van der Waals surface area contributed by atoms with Crippen LogP contribution in [0.25, 0.3) is 0 Å². The summed E-state index contributed by atoms with van der Waals surface area (Å²) in [5.41, 5.74) is -0.696. The molecule has 1 aliphatic rings. The summed E-state index contributed by atoms with van der Waals surface area (Å²) in [5, 5.41) is -1.24. The van der Waals surface area contributed by atoms with Gasteiger partial charge in [0, 0.05) is 15.5 Å². The Hall–Kier alpha value is -2.58. The molecule has 1 unspecified atom stereocenters. The fourth-order valence-corrected chi connectivity index (χ4v) is 4.57. The monoisotopic (exact) mass is 441 g/mol. The van der Waals surface area contributed by atoms with Crippen LogP contribution >= 0.6 is 23.4 Å². The Labute approximate surface area is 170 Å². The lowest BCUT2D eigenvalue weighted by Crippen LogP contribution is -2.32. The smallest absolute Gasteiger partial charge is 0.259 e. The third-order valence-corrected chi connectivity index (χ3v) is 5.88. The molecule has 1 aliphatic heterocycles. The molecule has 0 bridgehead atoms. The van der Waals surface area contributed by atoms with Crippen LogP contribution in [-0.4, -0.2) is 5.91 Å². The molecule has 3 aromatic carbocycles. The number of fused-ring (bicyclic) bond motifs is 1. The topological polar surface area (TPSA) is 20.3 Å². The SMILES string of the molecule is O=C(c1cccc(Cl)c1)N1c2ccccc2SC1c1c(F)c(F)c(F)c(F)c1F. The zero-order valence-electron chi connectivity index (χ0n) is 14.2. The average Bonchev–Trinajstić information content (AvgIpc) is 3.09. The molecule has 0 spiro atoms. The molecule has 0 aromatic heterocycles. The minimum Gasteiger partial charge on any atom is -0.290 e. The van der Waals surface area contributed by atoms with Crippen molar-refractivity contribution in [3.8, 4) is 0 Å². The molecule has 2 nitrogen and oxygen atoms in total. The van der Waals surface area contributed by atoms with Crippen molar-refractivity contribution in [2.24, 2.45) is 0 Å². The number of hydrogen-bond acceptors (Lipinski definition) is 2. The van der Waals surface area contributed by atoms with Crippen LogP contribution in [0.5, 0.6) is 0 Å². The number of rotatable bonds is 2. The van der Waals surface area contributed by atoms with Crippen LogP contribution in [0.1, 0.15) is 21.3 Å². The summed E-state index contributed by atoms with van der Waals surface area (Å²) in [7, 11) is 0. The maximum Gasteiger partial charge on any atom is 0.259 e. The van der Waals surface area contributed by atoms with Gasteiger partial charge in [-0.05, 0) is 30.3 Å². The van der Waals surface area contributed by atoms with Crippen molar-refractivity contribution in [1.82, 2.24) is 0 Å². The Kier molecular flexibility index (Phi) is 5.00. The summed E-state index contributed by atoms with van der Waals surface area (Å²) in [6.45, 7) is 0. The van der Waals surface area contributed by atoms with E-state index < -0.39 is 45.9 Å². The average molecular weight is 442 g/mol. The maximum atomic E-state index is 14.5. The van der Waals surface area contributed by atoms with Crippen molar-refractivity contribution >= 4 is 35.0 Å². The third-order valence-electron chi connectivity index (χ3n) is 4.38. The van der Waals surface area contributed by atoms with Crippen molar-refractivity contribution in [3.63, 3.8) is 0 Å². The number of halogens is 6. The number of hydrogen-bond donors (Lipinski definition) is 0. The van der Waals surface area contributed by atoms with Gasteiger partial charge in [-0.3, -0.25) is 9.69 Å². The van der Waals surface area contributed by atoms with Gasteiger partial charge in [-0.1, -0.05) is 41.6 Å². The molecular weight excluding hydrogens is 433 g/mol. The van der Waals surface area contributed by atoms with Gasteiger partial charge in [0.05, 0.1) is 11.3 Å². The quantitative estimate of drug-likeness (QED) is 0.257. The predicted octanol–water partition coefficient (Wildman–Crippen LogP) is 6.49. The van der Waals surface area contributed by atoms with Gasteiger partial charge in [0.2, 0.25) is 5.82 Å². The first-order valence-electron chi connectivity index (χ1n) is 8.17. The second kappa shape index (κ2) is 7.35. The van der Waals surface area contributed by atoms with Gasteiger partial charge in [-0.2, -0.15) is 0 Å². The number of thioether (sulfide) groups is 1. The van der Waals surface area contributed by atoms with Crippen LogP contribution in [0, 0.1) is 29.1 Å². The zero-order chi connectivity index (χ0) is 20.9. The predicted molar refractivity (Wildman–Crippen MR) is 99.5 cm³/mol. The zero-order valence-corrected chi connectivity index (χ0v) is 15.8. The van der Waals surface area contributed by atoms with E-state index in [4.69, 9.17) is 11.6 Å². The Morgan fingerprint density at radius 1 is 0.862 bits per heavy atom. The highest BCUT2D eigenvalue weighted by Gasteiger charge is 2.41. The Morgan fingerprint density at radius 3 is 2.14 bits per heavy atom. The van der Waals surface area contributed by atoms with E-state index in [-0.39, 0.29) is 16.3 Å². The summed E-state index contributed by atoms with van der Waals surface area (Å²) in [6, 6.07) is 12.2. The number of para-hydroxylation sites is 1. The minimum absolute atomic E-state index is 0.101. The number of carbonyl (C=O) groups excluding carboxylic acids is 1. The van der Waals surface area contributed by atoms with Gasteiger partial charge in [-0.15, -0.1) is 0 Å². The normalized spacial score (nSPS) is 15.5. The van der Waals surface area contributed by atoms with Crippen molar-refractivity contribution in [3.05, 3.63) is 93.8 Å². The molecule has 0 fully saturated rings. The Bertz CT molecular complexity index is 1130. The molecule has 9 heteroatoms. The first-order chi connectivity index (χ1) is 13.8. The van der Waals surface area contributed by atoms with Crippen LogP contribution in [-0.2, 0) is 0 Å². The van der Waals surface area contributed by atoms with Gasteiger partial charge >= 0.3 is 0 Å². The van der Waals surface area contributed by atoms with E-state index in [2.05, 4.69) is 0 Å². The van der Waals surface area contributed by atoms with Crippen LogP contribution in [0.3, 0.4) is 0 Å². The number of amides is 1. The van der Waals surface area contributed by atoms with Crippen LogP contribution in [0.4, 0.5) is 27.6 Å². The molecular formula is C20H9ClF5NOS. The minimum atomic E-state index is -2.25. The molecule has 3 aromatic rings. The lowest BCUT2D eigenvalue weighted by molar-refractivity contribution is 0.0984. The highest BCUT2D eigenvalue weighted by molar-refractivity contribution is 8.00. The molecule has 4 rings (SSSR count). The highest BCUT2D eigenvalue weighted by Crippen LogP contribution is 2.53. The lowest BCUT2D eigenvalue weighted by atomic mass is 10.1. The van der Waals surface area contributed by atoms with E-state index in [0.717, 1.165) is 16.7 Å². The molecule has 0 saturated heterocycles. The van der Waals surface area contributed by atoms with Gasteiger partial charge in [0.1, 0.15) is 5.37 Å². The summed E-state index contributed by atoms with van der Waals surface area (Å²) >= 11 is 6.73. The molecule has 1 atom stereocenters. The maximum absolute atomic E-state index is 14.5. The molecule has 0 N–H and O–H groups in total. The van der Waals surface area contributed by atoms with Gasteiger partial charge in [0.25, 0.3) is 5.91 Å².